The molecule has 0 amide bonds. The van der Waals surface area contributed by atoms with Gasteiger partial charge >= 0.3 is 0 Å². The Labute approximate surface area is 95.3 Å². The molecule has 4 heteroatoms. The van der Waals surface area contributed by atoms with Gasteiger partial charge in [0.25, 0.3) is 0 Å². The van der Waals surface area contributed by atoms with Crippen molar-refractivity contribution in [2.45, 2.75) is 20.1 Å². The van der Waals surface area contributed by atoms with Gasteiger partial charge in [-0.15, -0.1) is 0 Å². The van der Waals surface area contributed by atoms with Gasteiger partial charge in [-0.25, -0.2) is 4.99 Å². The number of rotatable bonds is 1. The quantitative estimate of drug-likeness (QED) is 0.745. The minimum Gasteiger partial charge on any atom is -0.384 e. The van der Waals surface area contributed by atoms with Gasteiger partial charge in [0, 0.05) is 17.0 Å². The highest BCUT2D eigenvalue weighted by atomic mass is 15.3. The van der Waals surface area contributed by atoms with Crippen LogP contribution in [0.5, 0.6) is 0 Å². The molecule has 0 saturated heterocycles. The Morgan fingerprint density at radius 2 is 1.81 bits per heavy atom. The van der Waals surface area contributed by atoms with Gasteiger partial charge in [0.15, 0.2) is 6.29 Å². The van der Waals surface area contributed by atoms with Crippen molar-refractivity contribution in [2.24, 2.45) is 16.5 Å². The molecule has 0 bridgehead atoms. The van der Waals surface area contributed by atoms with E-state index in [1.807, 2.05) is 49.1 Å². The normalized spacial score (nSPS) is 21.1. The number of anilines is 1. The highest BCUT2D eigenvalue weighted by Gasteiger charge is 2.23. The molecular weight excluding hydrogens is 200 g/mol. The zero-order chi connectivity index (χ0) is 11.7. The second kappa shape index (κ2) is 3.98. The predicted molar refractivity (Wildman–Crippen MR) is 66.9 cm³/mol. The summed E-state index contributed by atoms with van der Waals surface area (Å²) in [6, 6.07) is 9.95. The third kappa shape index (κ3) is 1.67. The van der Waals surface area contributed by atoms with Gasteiger partial charge in [0.2, 0.25) is 0 Å². The van der Waals surface area contributed by atoms with Crippen molar-refractivity contribution in [3.8, 4) is 0 Å². The molecule has 0 aromatic heterocycles. The zero-order valence-corrected chi connectivity index (χ0v) is 9.51. The number of aliphatic imine (C=N–C) groups is 1. The average molecular weight is 216 g/mol. The molecule has 1 unspecified atom stereocenters. The molecule has 1 atom stereocenters. The number of hydrogen-bond acceptors (Lipinski definition) is 4. The lowest BCUT2D eigenvalue weighted by Gasteiger charge is -2.33. The second-order valence-corrected chi connectivity index (χ2v) is 3.84. The van der Waals surface area contributed by atoms with Crippen LogP contribution in [0.4, 0.5) is 5.69 Å². The van der Waals surface area contributed by atoms with Gasteiger partial charge < -0.3 is 10.6 Å². The minimum atomic E-state index is -0.439. The van der Waals surface area contributed by atoms with E-state index in [-0.39, 0.29) is 0 Å². The Bertz CT molecular complexity index is 447. The second-order valence-electron chi connectivity index (χ2n) is 3.84. The van der Waals surface area contributed by atoms with Crippen LogP contribution in [0.25, 0.3) is 0 Å². The molecule has 1 aromatic carbocycles. The Hall–Kier alpha value is -1.81. The molecule has 1 heterocycles. The zero-order valence-electron chi connectivity index (χ0n) is 9.51. The summed E-state index contributed by atoms with van der Waals surface area (Å²) in [7, 11) is 0. The molecular formula is C12H16N4. The highest BCUT2D eigenvalue weighted by molar-refractivity contribution is 5.98. The topological polar surface area (TPSA) is 67.6 Å². The lowest BCUT2D eigenvalue weighted by Crippen LogP contribution is -2.45. The molecule has 1 aliphatic rings. The molecule has 0 aliphatic carbocycles. The summed E-state index contributed by atoms with van der Waals surface area (Å²) in [6.07, 6.45) is -0.439. The minimum absolute atomic E-state index is 0.439. The molecule has 16 heavy (non-hydrogen) atoms. The fraction of sp³-hybridized carbons (Fsp3) is 0.250. The number of nitrogens with zero attached hydrogens (tertiary/aromatic N) is 2. The fourth-order valence-electron chi connectivity index (χ4n) is 1.80. The summed E-state index contributed by atoms with van der Waals surface area (Å²) in [5, 5.41) is 0. The molecule has 0 saturated carbocycles. The summed E-state index contributed by atoms with van der Waals surface area (Å²) in [6.45, 7) is 3.96. The number of hydrogen-bond donors (Lipinski definition) is 2. The van der Waals surface area contributed by atoms with E-state index in [4.69, 9.17) is 11.5 Å². The van der Waals surface area contributed by atoms with Crippen molar-refractivity contribution >= 4 is 11.5 Å². The van der Waals surface area contributed by atoms with Crippen molar-refractivity contribution in [1.82, 2.24) is 0 Å². The first-order valence-corrected chi connectivity index (χ1v) is 5.22. The van der Waals surface area contributed by atoms with E-state index in [1.165, 1.54) is 0 Å². The standard InChI is InChI=1S/C12H16N4/c1-8-9(2)16(12(14)15-11(8)13)10-6-4-3-5-7-10/h3-7,12H,14H2,1-2H3,(H2,13,15). The first-order chi connectivity index (χ1) is 7.61. The van der Waals surface area contributed by atoms with Crippen LogP contribution in [0, 0.1) is 0 Å². The largest absolute Gasteiger partial charge is 0.384 e. The molecule has 0 radical (unpaired) electrons. The van der Waals surface area contributed by atoms with Crippen LogP contribution >= 0.6 is 0 Å². The van der Waals surface area contributed by atoms with Gasteiger partial charge in [0.05, 0.1) is 0 Å². The molecule has 0 spiro atoms. The van der Waals surface area contributed by atoms with Crippen LogP contribution in [-0.2, 0) is 0 Å². The van der Waals surface area contributed by atoms with Gasteiger partial charge in [-0.2, -0.15) is 0 Å². The average Bonchev–Trinajstić information content (AvgIpc) is 2.28. The summed E-state index contributed by atoms with van der Waals surface area (Å²) in [5.74, 6) is 0.525. The van der Waals surface area contributed by atoms with Crippen LogP contribution in [0.2, 0.25) is 0 Å². The van der Waals surface area contributed by atoms with E-state index in [9.17, 15) is 0 Å². The first kappa shape index (κ1) is 10.7. The molecule has 1 aromatic rings. The Morgan fingerprint density at radius 1 is 1.19 bits per heavy atom. The van der Waals surface area contributed by atoms with Crippen LogP contribution < -0.4 is 16.4 Å². The maximum atomic E-state index is 5.98. The smallest absolute Gasteiger partial charge is 0.180 e. The number of nitrogens with two attached hydrogens (primary N) is 2. The Balaban J connectivity index is 2.44. The van der Waals surface area contributed by atoms with Crippen LogP contribution in [0.15, 0.2) is 46.6 Å². The van der Waals surface area contributed by atoms with Gasteiger partial charge in [-0.05, 0) is 26.0 Å². The molecule has 0 fully saturated rings. The third-order valence-corrected chi connectivity index (χ3v) is 2.86. The monoisotopic (exact) mass is 216 g/mol. The molecule has 4 N–H and O–H groups in total. The highest BCUT2D eigenvalue weighted by Crippen LogP contribution is 2.25. The lowest BCUT2D eigenvalue weighted by atomic mass is 10.1. The molecule has 1 aliphatic heterocycles. The Kier molecular flexibility index (Phi) is 2.66. The SMILES string of the molecule is CC1=C(C)N(c2ccccc2)C(N)N=C1N. The van der Waals surface area contributed by atoms with Gasteiger partial charge in [-0.1, -0.05) is 18.2 Å². The summed E-state index contributed by atoms with van der Waals surface area (Å²) in [4.78, 5) is 6.19. The van der Waals surface area contributed by atoms with Crippen molar-refractivity contribution in [3.05, 3.63) is 41.6 Å². The van der Waals surface area contributed by atoms with E-state index in [0.717, 1.165) is 17.0 Å². The fourth-order valence-corrected chi connectivity index (χ4v) is 1.80. The maximum absolute atomic E-state index is 5.98. The molecule has 2 rings (SSSR count). The van der Waals surface area contributed by atoms with Crippen molar-refractivity contribution < 1.29 is 0 Å². The summed E-state index contributed by atoms with van der Waals surface area (Å²) < 4.78 is 0. The van der Waals surface area contributed by atoms with E-state index in [2.05, 4.69) is 4.99 Å². The van der Waals surface area contributed by atoms with E-state index >= 15 is 0 Å². The van der Waals surface area contributed by atoms with Crippen molar-refractivity contribution in [2.75, 3.05) is 4.90 Å². The number of allylic oxidation sites excluding steroid dienone is 1. The summed E-state index contributed by atoms with van der Waals surface area (Å²) in [5.41, 5.74) is 14.8. The van der Waals surface area contributed by atoms with Crippen LogP contribution in [0.3, 0.4) is 0 Å². The van der Waals surface area contributed by atoms with Gasteiger partial charge in [-0.3, -0.25) is 5.73 Å². The van der Waals surface area contributed by atoms with E-state index in [1.54, 1.807) is 0 Å². The van der Waals surface area contributed by atoms with Crippen LogP contribution in [0.1, 0.15) is 13.8 Å². The van der Waals surface area contributed by atoms with Crippen LogP contribution in [-0.4, -0.2) is 12.1 Å². The first-order valence-electron chi connectivity index (χ1n) is 5.22. The third-order valence-electron chi connectivity index (χ3n) is 2.86. The molecule has 4 nitrogen and oxygen atoms in total. The van der Waals surface area contributed by atoms with Gasteiger partial charge in [0.1, 0.15) is 5.84 Å². The van der Waals surface area contributed by atoms with E-state index in [0.29, 0.717) is 5.84 Å². The van der Waals surface area contributed by atoms with Crippen molar-refractivity contribution in [1.29, 1.82) is 0 Å². The maximum Gasteiger partial charge on any atom is 0.180 e. The molecule has 84 valence electrons. The number of amidine groups is 1. The van der Waals surface area contributed by atoms with E-state index < -0.39 is 6.29 Å². The lowest BCUT2D eigenvalue weighted by molar-refractivity contribution is 0.676. The summed E-state index contributed by atoms with van der Waals surface area (Å²) >= 11 is 0. The predicted octanol–water partition coefficient (Wildman–Crippen LogP) is 1.40. The number of benzene rings is 1. The van der Waals surface area contributed by atoms with Crippen molar-refractivity contribution in [3.63, 3.8) is 0 Å². The number of para-hydroxylation sites is 1. The Morgan fingerprint density at radius 3 is 2.44 bits per heavy atom.